The average Bonchev–Trinajstić information content (AvgIpc) is 2.27. The summed E-state index contributed by atoms with van der Waals surface area (Å²) < 4.78 is 0. The summed E-state index contributed by atoms with van der Waals surface area (Å²) in [6.45, 7) is 18.3. The first kappa shape index (κ1) is 15.9. The number of piperazine rings is 1. The van der Waals surface area contributed by atoms with Gasteiger partial charge in [0.15, 0.2) is 0 Å². The molecule has 1 atom stereocenters. The van der Waals surface area contributed by atoms with Crippen molar-refractivity contribution in [2.24, 2.45) is 17.6 Å². The van der Waals surface area contributed by atoms with Gasteiger partial charge in [-0.2, -0.15) is 0 Å². The number of nitrogens with zero attached hydrogens (tertiary/aromatic N) is 2. The van der Waals surface area contributed by atoms with Gasteiger partial charge in [-0.3, -0.25) is 4.90 Å². The summed E-state index contributed by atoms with van der Waals surface area (Å²) in [6, 6.07) is 0. The second-order valence-electron chi connectivity index (χ2n) is 7.19. The Labute approximate surface area is 114 Å². The Bertz CT molecular complexity index is 224. The molecule has 3 nitrogen and oxygen atoms in total. The predicted octanol–water partition coefficient (Wildman–Crippen LogP) is 2.02. The summed E-state index contributed by atoms with van der Waals surface area (Å²) in [5.41, 5.74) is 6.21. The maximum absolute atomic E-state index is 5.90. The molecule has 0 saturated carbocycles. The van der Waals surface area contributed by atoms with Crippen molar-refractivity contribution in [3.63, 3.8) is 0 Å². The van der Waals surface area contributed by atoms with E-state index < -0.39 is 0 Å². The first-order valence-corrected chi connectivity index (χ1v) is 7.50. The third-order valence-electron chi connectivity index (χ3n) is 3.98. The largest absolute Gasteiger partial charge is 0.330 e. The maximum atomic E-state index is 5.90. The molecule has 0 radical (unpaired) electrons. The second-order valence-corrected chi connectivity index (χ2v) is 7.19. The molecule has 0 spiro atoms. The third-order valence-corrected chi connectivity index (χ3v) is 3.98. The smallest absolute Gasteiger partial charge is 0.0126 e. The van der Waals surface area contributed by atoms with Gasteiger partial charge in [-0.05, 0) is 45.6 Å². The molecule has 0 aliphatic carbocycles. The Morgan fingerprint density at radius 3 is 2.00 bits per heavy atom. The molecule has 0 aromatic heterocycles. The molecule has 18 heavy (non-hydrogen) atoms. The number of hydrogen-bond donors (Lipinski definition) is 1. The second kappa shape index (κ2) is 6.88. The predicted molar refractivity (Wildman–Crippen MR) is 79.8 cm³/mol. The molecule has 1 unspecified atom stereocenters. The Balaban J connectivity index is 2.34. The summed E-state index contributed by atoms with van der Waals surface area (Å²) in [4.78, 5) is 5.19. The van der Waals surface area contributed by atoms with E-state index in [1.165, 1.54) is 39.1 Å². The fourth-order valence-electron chi connectivity index (χ4n) is 2.88. The Morgan fingerprint density at radius 1 is 1.06 bits per heavy atom. The number of nitrogens with two attached hydrogens (primary N) is 1. The van der Waals surface area contributed by atoms with Crippen LogP contribution in [0.5, 0.6) is 0 Å². The zero-order valence-corrected chi connectivity index (χ0v) is 13.1. The molecular weight excluding hydrogens is 222 g/mol. The van der Waals surface area contributed by atoms with E-state index in [1.54, 1.807) is 0 Å². The summed E-state index contributed by atoms with van der Waals surface area (Å²) in [6.07, 6.45) is 1.26. The van der Waals surface area contributed by atoms with E-state index in [1.807, 2.05) is 0 Å². The molecule has 1 aliphatic heterocycles. The molecule has 1 fully saturated rings. The molecule has 0 amide bonds. The fraction of sp³-hybridized carbons (Fsp3) is 1.00. The van der Waals surface area contributed by atoms with Crippen LogP contribution in [0.1, 0.15) is 41.0 Å². The maximum Gasteiger partial charge on any atom is 0.0126 e. The molecular formula is C15H33N3. The van der Waals surface area contributed by atoms with Gasteiger partial charge in [0, 0.05) is 38.3 Å². The van der Waals surface area contributed by atoms with Gasteiger partial charge in [0.05, 0.1) is 0 Å². The van der Waals surface area contributed by atoms with Crippen LogP contribution in [0.25, 0.3) is 0 Å². The van der Waals surface area contributed by atoms with Crippen LogP contribution in [0.15, 0.2) is 0 Å². The average molecular weight is 255 g/mol. The van der Waals surface area contributed by atoms with Crippen molar-refractivity contribution in [3.8, 4) is 0 Å². The quantitative estimate of drug-likeness (QED) is 0.816. The Kier molecular flexibility index (Phi) is 6.09. The van der Waals surface area contributed by atoms with Gasteiger partial charge < -0.3 is 10.6 Å². The highest BCUT2D eigenvalue weighted by molar-refractivity contribution is 4.82. The van der Waals surface area contributed by atoms with Crippen LogP contribution in [0.2, 0.25) is 0 Å². The van der Waals surface area contributed by atoms with Crippen LogP contribution < -0.4 is 5.73 Å². The lowest BCUT2D eigenvalue weighted by atomic mass is 9.96. The Hall–Kier alpha value is -0.120. The van der Waals surface area contributed by atoms with E-state index >= 15 is 0 Å². The van der Waals surface area contributed by atoms with Gasteiger partial charge in [-0.25, -0.2) is 0 Å². The highest BCUT2D eigenvalue weighted by Crippen LogP contribution is 2.18. The zero-order valence-electron chi connectivity index (χ0n) is 13.1. The normalized spacial score (nSPS) is 21.5. The lowest BCUT2D eigenvalue weighted by Crippen LogP contribution is -2.54. The van der Waals surface area contributed by atoms with Crippen LogP contribution in [-0.4, -0.2) is 54.6 Å². The van der Waals surface area contributed by atoms with Crippen molar-refractivity contribution in [2.45, 2.75) is 46.6 Å². The van der Waals surface area contributed by atoms with Crippen molar-refractivity contribution >= 4 is 0 Å². The van der Waals surface area contributed by atoms with Crippen molar-refractivity contribution in [2.75, 3.05) is 39.3 Å². The first-order valence-electron chi connectivity index (χ1n) is 7.50. The molecule has 108 valence electrons. The minimum absolute atomic E-state index is 0.317. The van der Waals surface area contributed by atoms with Crippen LogP contribution in [0.4, 0.5) is 0 Å². The van der Waals surface area contributed by atoms with E-state index in [0.717, 1.165) is 12.5 Å². The molecule has 3 heteroatoms. The molecule has 1 rings (SSSR count). The van der Waals surface area contributed by atoms with Crippen molar-refractivity contribution in [1.82, 2.24) is 9.80 Å². The molecule has 1 saturated heterocycles. The summed E-state index contributed by atoms with van der Waals surface area (Å²) in [7, 11) is 0. The van der Waals surface area contributed by atoms with Crippen LogP contribution in [-0.2, 0) is 0 Å². The van der Waals surface area contributed by atoms with Gasteiger partial charge in [-0.1, -0.05) is 13.8 Å². The molecule has 2 N–H and O–H groups in total. The monoisotopic (exact) mass is 255 g/mol. The Morgan fingerprint density at radius 2 is 1.61 bits per heavy atom. The molecule has 1 heterocycles. The van der Waals surface area contributed by atoms with E-state index in [4.69, 9.17) is 5.73 Å². The van der Waals surface area contributed by atoms with Crippen molar-refractivity contribution in [3.05, 3.63) is 0 Å². The highest BCUT2D eigenvalue weighted by atomic mass is 15.3. The van der Waals surface area contributed by atoms with Gasteiger partial charge in [-0.15, -0.1) is 0 Å². The van der Waals surface area contributed by atoms with Gasteiger partial charge >= 0.3 is 0 Å². The minimum atomic E-state index is 0.317. The minimum Gasteiger partial charge on any atom is -0.330 e. The van der Waals surface area contributed by atoms with E-state index in [0.29, 0.717) is 11.5 Å². The lowest BCUT2D eigenvalue weighted by molar-refractivity contribution is 0.0543. The third kappa shape index (κ3) is 5.25. The van der Waals surface area contributed by atoms with Crippen molar-refractivity contribution < 1.29 is 0 Å². The molecule has 0 aromatic carbocycles. The topological polar surface area (TPSA) is 32.5 Å². The van der Waals surface area contributed by atoms with Gasteiger partial charge in [0.2, 0.25) is 0 Å². The van der Waals surface area contributed by atoms with Crippen molar-refractivity contribution in [1.29, 1.82) is 0 Å². The molecule has 1 aliphatic rings. The van der Waals surface area contributed by atoms with Gasteiger partial charge in [0.1, 0.15) is 0 Å². The van der Waals surface area contributed by atoms with E-state index in [9.17, 15) is 0 Å². The zero-order chi connectivity index (χ0) is 13.8. The van der Waals surface area contributed by atoms with Gasteiger partial charge in [0.25, 0.3) is 0 Å². The highest BCUT2D eigenvalue weighted by Gasteiger charge is 2.26. The van der Waals surface area contributed by atoms with E-state index in [-0.39, 0.29) is 0 Å². The first-order chi connectivity index (χ1) is 8.32. The van der Waals surface area contributed by atoms with Crippen LogP contribution in [0.3, 0.4) is 0 Å². The summed E-state index contributed by atoms with van der Waals surface area (Å²) in [5, 5.41) is 0. The summed E-state index contributed by atoms with van der Waals surface area (Å²) in [5.74, 6) is 1.43. The summed E-state index contributed by atoms with van der Waals surface area (Å²) >= 11 is 0. The molecule has 0 bridgehead atoms. The molecule has 0 aromatic rings. The van der Waals surface area contributed by atoms with Crippen LogP contribution in [0, 0.1) is 11.8 Å². The standard InChI is InChI=1S/C15H33N3/c1-13(2)10-14(11-16)12-17-6-8-18(9-7-17)15(3,4)5/h13-14H,6-12,16H2,1-5H3. The van der Waals surface area contributed by atoms with Crippen LogP contribution >= 0.6 is 0 Å². The SMILES string of the molecule is CC(C)CC(CN)CN1CCN(C(C)(C)C)CC1. The van der Waals surface area contributed by atoms with E-state index in [2.05, 4.69) is 44.4 Å². The lowest BCUT2D eigenvalue weighted by Gasteiger charge is -2.43. The number of rotatable bonds is 5. The fourth-order valence-corrected chi connectivity index (χ4v) is 2.88. The number of hydrogen-bond acceptors (Lipinski definition) is 3.